The van der Waals surface area contributed by atoms with Gasteiger partial charge in [0.25, 0.3) is 0 Å². The van der Waals surface area contributed by atoms with Crippen molar-refractivity contribution in [1.29, 1.82) is 0 Å². The van der Waals surface area contributed by atoms with Gasteiger partial charge in [0.05, 0.1) is 10.4 Å². The van der Waals surface area contributed by atoms with Gasteiger partial charge in [0.2, 0.25) is 10.0 Å². The van der Waals surface area contributed by atoms with Crippen LogP contribution in [0.5, 0.6) is 0 Å². The third kappa shape index (κ3) is 3.31. The Hall–Kier alpha value is -1.70. The van der Waals surface area contributed by atoms with Crippen LogP contribution in [0.25, 0.3) is 10.9 Å². The molecule has 1 aromatic heterocycles. The van der Waals surface area contributed by atoms with Crippen LogP contribution in [0.3, 0.4) is 0 Å². The quantitative estimate of drug-likeness (QED) is 0.821. The van der Waals surface area contributed by atoms with Crippen LogP contribution in [0.4, 0.5) is 5.82 Å². The predicted molar refractivity (Wildman–Crippen MR) is 104 cm³/mol. The fourth-order valence-electron chi connectivity index (χ4n) is 3.80. The predicted octanol–water partition coefficient (Wildman–Crippen LogP) is 2.16. The number of benzene rings is 1. The molecule has 7 heteroatoms. The number of piperazine rings is 1. The first-order chi connectivity index (χ1) is 12.6. The minimum atomic E-state index is -3.38. The highest BCUT2D eigenvalue weighted by Crippen LogP contribution is 2.25. The number of sulfonamides is 1. The summed E-state index contributed by atoms with van der Waals surface area (Å²) in [6, 6.07) is 9.30. The van der Waals surface area contributed by atoms with Crippen LogP contribution in [-0.4, -0.2) is 68.4 Å². The lowest BCUT2D eigenvalue weighted by atomic mass is 10.2. The molecule has 4 rings (SSSR count). The fraction of sp³-hybridized carbons (Fsp3) is 0.526. The van der Waals surface area contributed by atoms with Crippen LogP contribution in [0.2, 0.25) is 0 Å². The lowest BCUT2D eigenvalue weighted by Gasteiger charge is -2.34. The molecule has 0 N–H and O–H groups in total. The molecule has 0 unspecified atom stereocenters. The molecule has 26 heavy (non-hydrogen) atoms. The van der Waals surface area contributed by atoms with Gasteiger partial charge in [-0.25, -0.2) is 13.4 Å². The molecular formula is C19H26N4O2S. The summed E-state index contributed by atoms with van der Waals surface area (Å²) in [6.45, 7) is 8.61. The summed E-state index contributed by atoms with van der Waals surface area (Å²) >= 11 is 0. The third-order valence-electron chi connectivity index (χ3n) is 5.49. The van der Waals surface area contributed by atoms with Crippen molar-refractivity contribution in [3.63, 3.8) is 0 Å². The number of aromatic nitrogens is 1. The van der Waals surface area contributed by atoms with E-state index in [0.29, 0.717) is 18.0 Å². The van der Waals surface area contributed by atoms with Crippen molar-refractivity contribution in [3.8, 4) is 0 Å². The highest BCUT2D eigenvalue weighted by molar-refractivity contribution is 7.89. The van der Waals surface area contributed by atoms with Crippen LogP contribution in [0, 0.1) is 0 Å². The smallest absolute Gasteiger partial charge is 0.243 e. The Balaban J connectivity index is 1.59. The highest BCUT2D eigenvalue weighted by atomic mass is 32.2. The number of fused-ring (bicyclic) bond motifs is 1. The van der Waals surface area contributed by atoms with Crippen molar-refractivity contribution in [2.75, 3.05) is 50.7 Å². The Labute approximate surface area is 155 Å². The Morgan fingerprint density at radius 2 is 1.69 bits per heavy atom. The standard InChI is InChI=1S/C19H26N4O2S/c1-2-21-11-13-22(14-12-21)19-8-5-16-15-17(6-7-18(16)20-19)26(24,25)23-9-3-4-10-23/h5-8,15H,2-4,9-14H2,1H3. The Morgan fingerprint density at radius 3 is 2.38 bits per heavy atom. The number of likely N-dealkylation sites (N-methyl/N-ethyl adjacent to an activating group) is 1. The van der Waals surface area contributed by atoms with Crippen molar-refractivity contribution < 1.29 is 8.42 Å². The van der Waals surface area contributed by atoms with Crippen LogP contribution >= 0.6 is 0 Å². The highest BCUT2D eigenvalue weighted by Gasteiger charge is 2.27. The molecule has 140 valence electrons. The van der Waals surface area contributed by atoms with Gasteiger partial charge in [-0.3, -0.25) is 0 Å². The monoisotopic (exact) mass is 374 g/mol. The van der Waals surface area contributed by atoms with Crippen molar-refractivity contribution in [2.45, 2.75) is 24.7 Å². The van der Waals surface area contributed by atoms with E-state index in [1.807, 2.05) is 18.2 Å². The molecule has 0 spiro atoms. The van der Waals surface area contributed by atoms with E-state index < -0.39 is 10.0 Å². The van der Waals surface area contributed by atoms with E-state index in [4.69, 9.17) is 4.98 Å². The molecule has 0 atom stereocenters. The summed E-state index contributed by atoms with van der Waals surface area (Å²) in [5.41, 5.74) is 0.848. The minimum Gasteiger partial charge on any atom is -0.354 e. The molecule has 0 saturated carbocycles. The molecule has 1 aromatic carbocycles. The van der Waals surface area contributed by atoms with E-state index in [2.05, 4.69) is 16.7 Å². The summed E-state index contributed by atoms with van der Waals surface area (Å²) in [6.07, 6.45) is 1.89. The second-order valence-electron chi connectivity index (χ2n) is 7.06. The first-order valence-corrected chi connectivity index (χ1v) is 10.9. The van der Waals surface area contributed by atoms with Crippen molar-refractivity contribution in [1.82, 2.24) is 14.2 Å². The van der Waals surface area contributed by atoms with E-state index in [9.17, 15) is 8.42 Å². The molecule has 2 fully saturated rings. The molecule has 2 aromatic rings. The van der Waals surface area contributed by atoms with Crippen LogP contribution in [0.1, 0.15) is 19.8 Å². The summed E-state index contributed by atoms with van der Waals surface area (Å²) < 4.78 is 27.1. The first-order valence-electron chi connectivity index (χ1n) is 9.46. The second kappa shape index (κ2) is 7.13. The average molecular weight is 375 g/mol. The summed E-state index contributed by atoms with van der Waals surface area (Å²) in [7, 11) is -3.38. The Bertz CT molecular complexity index is 886. The molecule has 0 radical (unpaired) electrons. The van der Waals surface area contributed by atoms with Gasteiger partial charge in [-0.1, -0.05) is 6.92 Å². The zero-order chi connectivity index (χ0) is 18.1. The molecule has 2 saturated heterocycles. The van der Waals surface area contributed by atoms with Gasteiger partial charge < -0.3 is 9.80 Å². The molecule has 2 aliphatic rings. The van der Waals surface area contributed by atoms with Crippen molar-refractivity contribution in [2.24, 2.45) is 0 Å². The topological polar surface area (TPSA) is 56.8 Å². The molecular weight excluding hydrogens is 348 g/mol. The SMILES string of the molecule is CCN1CCN(c2ccc3cc(S(=O)(=O)N4CCCC4)ccc3n2)CC1. The maximum absolute atomic E-state index is 12.7. The molecule has 0 aliphatic carbocycles. The zero-order valence-electron chi connectivity index (χ0n) is 15.3. The van der Waals surface area contributed by atoms with Crippen LogP contribution in [-0.2, 0) is 10.0 Å². The maximum atomic E-state index is 12.7. The third-order valence-corrected chi connectivity index (χ3v) is 7.39. The summed E-state index contributed by atoms with van der Waals surface area (Å²) in [4.78, 5) is 9.89. The van der Waals surface area contributed by atoms with Gasteiger partial charge in [-0.2, -0.15) is 4.31 Å². The second-order valence-corrected chi connectivity index (χ2v) is 8.99. The summed E-state index contributed by atoms with van der Waals surface area (Å²) in [5, 5.41) is 0.876. The Kier molecular flexibility index (Phi) is 4.86. The zero-order valence-corrected chi connectivity index (χ0v) is 16.1. The van der Waals surface area contributed by atoms with E-state index in [1.165, 1.54) is 0 Å². The maximum Gasteiger partial charge on any atom is 0.243 e. The van der Waals surface area contributed by atoms with E-state index in [1.54, 1.807) is 16.4 Å². The van der Waals surface area contributed by atoms with Crippen molar-refractivity contribution in [3.05, 3.63) is 30.3 Å². The first kappa shape index (κ1) is 17.7. The molecule has 3 heterocycles. The van der Waals surface area contributed by atoms with Crippen LogP contribution in [0.15, 0.2) is 35.2 Å². The van der Waals surface area contributed by atoms with Crippen LogP contribution < -0.4 is 4.90 Å². The van der Waals surface area contributed by atoms with Gasteiger partial charge in [0, 0.05) is 44.7 Å². The van der Waals surface area contributed by atoms with Gasteiger partial charge in [-0.15, -0.1) is 0 Å². The molecule has 0 bridgehead atoms. The molecule has 0 amide bonds. The average Bonchev–Trinajstić information content (AvgIpc) is 3.23. The minimum absolute atomic E-state index is 0.373. The van der Waals surface area contributed by atoms with Crippen molar-refractivity contribution >= 4 is 26.7 Å². The molecule has 2 aliphatic heterocycles. The number of hydrogen-bond donors (Lipinski definition) is 0. The van der Waals surface area contributed by atoms with E-state index >= 15 is 0 Å². The van der Waals surface area contributed by atoms with Gasteiger partial charge >= 0.3 is 0 Å². The molecule has 6 nitrogen and oxygen atoms in total. The van der Waals surface area contributed by atoms with E-state index in [-0.39, 0.29) is 0 Å². The van der Waals surface area contributed by atoms with Gasteiger partial charge in [0.15, 0.2) is 0 Å². The number of hydrogen-bond acceptors (Lipinski definition) is 5. The summed E-state index contributed by atoms with van der Waals surface area (Å²) in [5.74, 6) is 0.975. The number of rotatable bonds is 4. The number of anilines is 1. The largest absolute Gasteiger partial charge is 0.354 e. The lowest BCUT2D eigenvalue weighted by Crippen LogP contribution is -2.46. The fourth-order valence-corrected chi connectivity index (χ4v) is 5.35. The van der Waals surface area contributed by atoms with Gasteiger partial charge in [-0.05, 0) is 49.7 Å². The Morgan fingerprint density at radius 1 is 0.962 bits per heavy atom. The lowest BCUT2D eigenvalue weighted by molar-refractivity contribution is 0.270. The number of nitrogens with zero attached hydrogens (tertiary/aromatic N) is 4. The normalized spacial score (nSPS) is 20.1. The number of pyridine rings is 1. The van der Waals surface area contributed by atoms with E-state index in [0.717, 1.165) is 62.3 Å². The van der Waals surface area contributed by atoms with Gasteiger partial charge in [0.1, 0.15) is 5.82 Å².